The Morgan fingerprint density at radius 1 is 1.06 bits per heavy atom. The van der Waals surface area contributed by atoms with Crippen molar-refractivity contribution in [2.75, 3.05) is 5.73 Å². The average Bonchev–Trinajstić information content (AvgIpc) is 2.74. The number of rotatable bonds is 1. The summed E-state index contributed by atoms with van der Waals surface area (Å²) in [5.41, 5.74) is 7.37. The summed E-state index contributed by atoms with van der Waals surface area (Å²) >= 11 is 0. The minimum atomic E-state index is 0.668. The number of anilines is 1. The maximum atomic E-state index is 5.61. The first kappa shape index (κ1) is 8.91. The molecule has 0 bridgehead atoms. The molecule has 4 nitrogen and oxygen atoms in total. The van der Waals surface area contributed by atoms with E-state index in [2.05, 4.69) is 9.97 Å². The summed E-state index contributed by atoms with van der Waals surface area (Å²) in [4.78, 5) is 8.37. The Kier molecular flexibility index (Phi) is 1.86. The molecule has 3 aromatic rings. The van der Waals surface area contributed by atoms with Crippen molar-refractivity contribution < 1.29 is 0 Å². The molecule has 0 aliphatic heterocycles. The van der Waals surface area contributed by atoms with Crippen molar-refractivity contribution in [3.05, 3.63) is 49.1 Å². The van der Waals surface area contributed by atoms with Crippen molar-refractivity contribution >= 4 is 16.6 Å². The van der Waals surface area contributed by atoms with Gasteiger partial charge in [-0.1, -0.05) is 0 Å². The van der Waals surface area contributed by atoms with Crippen molar-refractivity contribution in [1.29, 1.82) is 0 Å². The lowest BCUT2D eigenvalue weighted by molar-refractivity contribution is 1.04. The first-order chi connectivity index (χ1) is 7.84. The van der Waals surface area contributed by atoms with Crippen LogP contribution in [0.2, 0.25) is 0 Å². The molecular weight excluding hydrogens is 200 g/mol. The van der Waals surface area contributed by atoms with Crippen LogP contribution in [0.15, 0.2) is 49.1 Å². The van der Waals surface area contributed by atoms with E-state index in [0.717, 1.165) is 16.7 Å². The fourth-order valence-corrected chi connectivity index (χ4v) is 1.72. The summed E-state index contributed by atoms with van der Waals surface area (Å²) in [6, 6.07) is 7.72. The van der Waals surface area contributed by atoms with Crippen molar-refractivity contribution in [3.8, 4) is 5.82 Å². The summed E-state index contributed by atoms with van der Waals surface area (Å²) in [6.45, 7) is 0. The highest BCUT2D eigenvalue weighted by atomic mass is 15.0. The van der Waals surface area contributed by atoms with Gasteiger partial charge in [-0.2, -0.15) is 0 Å². The standard InChI is InChI=1S/C12H10N4/c13-10-1-2-12(15-8-10)16-6-4-9-7-14-5-3-11(9)16/h1-8H,13H2. The second-order valence-corrected chi connectivity index (χ2v) is 3.57. The molecule has 0 unspecified atom stereocenters. The Balaban J connectivity index is 2.22. The molecule has 3 rings (SSSR count). The number of nitrogens with two attached hydrogens (primary N) is 1. The van der Waals surface area contributed by atoms with Crippen LogP contribution in [0.4, 0.5) is 5.69 Å². The van der Waals surface area contributed by atoms with Crippen molar-refractivity contribution in [1.82, 2.24) is 14.5 Å². The minimum Gasteiger partial charge on any atom is -0.397 e. The molecule has 0 radical (unpaired) electrons. The molecular formula is C12H10N4. The molecule has 78 valence electrons. The largest absolute Gasteiger partial charge is 0.397 e. The third-order valence-corrected chi connectivity index (χ3v) is 2.51. The summed E-state index contributed by atoms with van der Waals surface area (Å²) in [5, 5.41) is 1.10. The number of nitrogen functional groups attached to an aromatic ring is 1. The maximum absolute atomic E-state index is 5.61. The molecule has 3 aromatic heterocycles. The van der Waals surface area contributed by atoms with Crippen LogP contribution in [-0.2, 0) is 0 Å². The van der Waals surface area contributed by atoms with Gasteiger partial charge in [0.25, 0.3) is 0 Å². The number of nitrogens with zero attached hydrogens (tertiary/aromatic N) is 3. The monoisotopic (exact) mass is 210 g/mol. The van der Waals surface area contributed by atoms with E-state index in [-0.39, 0.29) is 0 Å². The van der Waals surface area contributed by atoms with Crippen molar-refractivity contribution in [3.63, 3.8) is 0 Å². The molecule has 0 aliphatic carbocycles. The van der Waals surface area contributed by atoms with Crippen LogP contribution >= 0.6 is 0 Å². The van der Waals surface area contributed by atoms with Crippen LogP contribution in [0.1, 0.15) is 0 Å². The first-order valence-electron chi connectivity index (χ1n) is 4.97. The van der Waals surface area contributed by atoms with Gasteiger partial charge in [0.1, 0.15) is 5.82 Å². The zero-order valence-electron chi connectivity index (χ0n) is 8.54. The van der Waals surface area contributed by atoms with Gasteiger partial charge >= 0.3 is 0 Å². The zero-order chi connectivity index (χ0) is 11.0. The number of hydrogen-bond donors (Lipinski definition) is 1. The fourth-order valence-electron chi connectivity index (χ4n) is 1.72. The molecule has 0 saturated carbocycles. The number of pyridine rings is 2. The van der Waals surface area contributed by atoms with Crippen LogP contribution in [0.3, 0.4) is 0 Å². The Morgan fingerprint density at radius 2 is 2.00 bits per heavy atom. The number of aromatic nitrogens is 3. The SMILES string of the molecule is Nc1ccc(-n2ccc3cnccc32)nc1. The minimum absolute atomic E-state index is 0.668. The highest BCUT2D eigenvalue weighted by molar-refractivity contribution is 5.80. The fraction of sp³-hybridized carbons (Fsp3) is 0. The van der Waals surface area contributed by atoms with Gasteiger partial charge in [-0.3, -0.25) is 4.98 Å². The Hall–Kier alpha value is -2.36. The molecule has 0 spiro atoms. The van der Waals surface area contributed by atoms with Crippen molar-refractivity contribution in [2.24, 2.45) is 0 Å². The molecule has 0 aliphatic rings. The second kappa shape index (κ2) is 3.34. The molecule has 2 N–H and O–H groups in total. The summed E-state index contributed by atoms with van der Waals surface area (Å²) in [6.07, 6.45) is 7.24. The molecule has 0 aromatic carbocycles. The van der Waals surface area contributed by atoms with Crippen LogP contribution < -0.4 is 5.73 Å². The highest BCUT2D eigenvalue weighted by Gasteiger charge is 2.02. The normalized spacial score (nSPS) is 10.8. The topological polar surface area (TPSA) is 56.7 Å². The van der Waals surface area contributed by atoms with E-state index in [0.29, 0.717) is 5.69 Å². The molecule has 0 fully saturated rings. The van der Waals surface area contributed by atoms with Gasteiger partial charge in [0.05, 0.1) is 17.4 Å². The van der Waals surface area contributed by atoms with Gasteiger partial charge in [0.15, 0.2) is 0 Å². The molecule has 16 heavy (non-hydrogen) atoms. The molecule has 3 heterocycles. The molecule has 4 heteroatoms. The Bertz CT molecular complexity index is 625. The van der Waals surface area contributed by atoms with Crippen LogP contribution in [-0.4, -0.2) is 14.5 Å². The predicted octanol–water partition coefficient (Wildman–Crippen LogP) is 2.00. The summed E-state index contributed by atoms with van der Waals surface area (Å²) < 4.78 is 2.01. The van der Waals surface area contributed by atoms with E-state index in [4.69, 9.17) is 5.73 Å². The van der Waals surface area contributed by atoms with Gasteiger partial charge in [-0.15, -0.1) is 0 Å². The van der Waals surface area contributed by atoms with E-state index in [1.54, 1.807) is 12.4 Å². The molecule has 0 atom stereocenters. The predicted molar refractivity (Wildman–Crippen MR) is 63.3 cm³/mol. The lowest BCUT2D eigenvalue weighted by Gasteiger charge is -2.03. The third kappa shape index (κ3) is 1.32. The van der Waals surface area contributed by atoms with E-state index >= 15 is 0 Å². The summed E-state index contributed by atoms with van der Waals surface area (Å²) in [7, 11) is 0. The second-order valence-electron chi connectivity index (χ2n) is 3.57. The smallest absolute Gasteiger partial charge is 0.137 e. The quantitative estimate of drug-likeness (QED) is 0.668. The van der Waals surface area contributed by atoms with Gasteiger partial charge < -0.3 is 10.3 Å². The van der Waals surface area contributed by atoms with Gasteiger partial charge in [0.2, 0.25) is 0 Å². The maximum Gasteiger partial charge on any atom is 0.137 e. The van der Waals surface area contributed by atoms with E-state index < -0.39 is 0 Å². The first-order valence-corrected chi connectivity index (χ1v) is 4.97. The lowest BCUT2D eigenvalue weighted by Crippen LogP contribution is -1.96. The zero-order valence-corrected chi connectivity index (χ0v) is 8.54. The van der Waals surface area contributed by atoms with Crippen LogP contribution in [0.5, 0.6) is 0 Å². The lowest BCUT2D eigenvalue weighted by atomic mass is 10.3. The average molecular weight is 210 g/mol. The van der Waals surface area contributed by atoms with Crippen molar-refractivity contribution in [2.45, 2.75) is 0 Å². The van der Waals surface area contributed by atoms with Gasteiger partial charge in [0, 0.05) is 24.0 Å². The van der Waals surface area contributed by atoms with Crippen LogP contribution in [0, 0.1) is 0 Å². The number of fused-ring (bicyclic) bond motifs is 1. The number of hydrogen-bond acceptors (Lipinski definition) is 3. The van der Waals surface area contributed by atoms with E-state index in [9.17, 15) is 0 Å². The van der Waals surface area contributed by atoms with E-state index in [1.807, 2.05) is 41.2 Å². The molecule has 0 saturated heterocycles. The Labute approximate surface area is 92.4 Å². The van der Waals surface area contributed by atoms with E-state index in [1.165, 1.54) is 0 Å². The van der Waals surface area contributed by atoms with Gasteiger partial charge in [-0.25, -0.2) is 4.98 Å². The highest BCUT2D eigenvalue weighted by Crippen LogP contribution is 2.18. The third-order valence-electron chi connectivity index (χ3n) is 2.51. The van der Waals surface area contributed by atoms with Gasteiger partial charge in [-0.05, 0) is 24.3 Å². The molecule has 0 amide bonds. The van der Waals surface area contributed by atoms with Crippen LogP contribution in [0.25, 0.3) is 16.7 Å². The Morgan fingerprint density at radius 3 is 2.81 bits per heavy atom. The summed E-state index contributed by atoms with van der Waals surface area (Å²) in [5.74, 6) is 0.857.